The highest BCUT2D eigenvalue weighted by Gasteiger charge is 2.19. The van der Waals surface area contributed by atoms with E-state index in [1.165, 1.54) is 12.0 Å². The molecule has 34 heavy (non-hydrogen) atoms. The normalized spacial score (nSPS) is 13.6. The van der Waals surface area contributed by atoms with Crippen LogP contribution in [0.15, 0.2) is 54.6 Å². The lowest BCUT2D eigenvalue weighted by molar-refractivity contribution is -0.142. The number of nitrogens with two attached hydrogens (primary N) is 2. The van der Waals surface area contributed by atoms with Crippen LogP contribution in [0.2, 0.25) is 0 Å². The van der Waals surface area contributed by atoms with Gasteiger partial charge in [-0.1, -0.05) is 80.3 Å². The first-order chi connectivity index (χ1) is 15.9. The molecule has 0 aromatic heterocycles. The second-order valence-electron chi connectivity index (χ2n) is 8.01. The van der Waals surface area contributed by atoms with Crippen LogP contribution >= 0.6 is 0 Å². The number of hydrogen-bond donors (Lipinski definition) is 5. The molecule has 188 valence electrons. The standard InChI is InChI=1S/C13H10O.C7H12O2.C6H14N2O2.H3N/c14-10-11-6-8-13(9-7-11)12-4-2-1-3-5-12;8-7(9)6-4-2-1-3-5-6;7-4-2-1-3-5(8)6(9)10;/h1-10H;6H,1-5H2,(H,8,9);5H,1-4,7-8H2,(H,9,10);1H3/t;;5-;/m..0./s1. The van der Waals surface area contributed by atoms with Crippen LogP contribution in [0.4, 0.5) is 0 Å². The monoisotopic (exact) mass is 473 g/mol. The van der Waals surface area contributed by atoms with Crippen molar-refractivity contribution >= 4 is 18.2 Å². The number of carboxylic acid groups (broad SMARTS) is 2. The van der Waals surface area contributed by atoms with Crippen LogP contribution in [0.3, 0.4) is 0 Å². The van der Waals surface area contributed by atoms with Crippen LogP contribution in [0, 0.1) is 5.92 Å². The molecule has 1 aliphatic carbocycles. The molecule has 0 bridgehead atoms. The summed E-state index contributed by atoms with van der Waals surface area (Å²) >= 11 is 0. The summed E-state index contributed by atoms with van der Waals surface area (Å²) < 4.78 is 0. The number of rotatable bonds is 8. The summed E-state index contributed by atoms with van der Waals surface area (Å²) in [6, 6.07) is 17.0. The molecule has 0 amide bonds. The SMILES string of the molecule is N.NCCCC[C@H](N)C(=O)O.O=C(O)C1CCCCC1.O=Cc1ccc(-c2ccccc2)cc1. The van der Waals surface area contributed by atoms with Crippen LogP contribution in [-0.2, 0) is 9.59 Å². The number of hydrogen-bond acceptors (Lipinski definition) is 6. The summed E-state index contributed by atoms with van der Waals surface area (Å²) in [6.07, 6.45) is 8.26. The second kappa shape index (κ2) is 18.4. The van der Waals surface area contributed by atoms with Gasteiger partial charge in [0.1, 0.15) is 12.3 Å². The van der Waals surface area contributed by atoms with Gasteiger partial charge in [-0.3, -0.25) is 14.4 Å². The lowest BCUT2D eigenvalue weighted by Crippen LogP contribution is -2.29. The molecular formula is C26H39N3O5. The minimum Gasteiger partial charge on any atom is -0.481 e. The van der Waals surface area contributed by atoms with Gasteiger partial charge < -0.3 is 27.8 Å². The van der Waals surface area contributed by atoms with Crippen molar-refractivity contribution in [2.24, 2.45) is 17.4 Å². The smallest absolute Gasteiger partial charge is 0.320 e. The quantitative estimate of drug-likeness (QED) is 0.274. The maximum Gasteiger partial charge on any atom is 0.320 e. The van der Waals surface area contributed by atoms with E-state index in [4.69, 9.17) is 21.7 Å². The molecule has 0 spiro atoms. The number of carbonyl (C=O) groups excluding carboxylic acids is 1. The largest absolute Gasteiger partial charge is 0.481 e. The third-order valence-electron chi connectivity index (χ3n) is 5.39. The molecule has 1 atom stereocenters. The summed E-state index contributed by atoms with van der Waals surface area (Å²) in [7, 11) is 0. The maximum atomic E-state index is 10.5. The number of carboxylic acids is 2. The predicted octanol–water partition coefficient (Wildman–Crippen LogP) is 4.51. The topological polar surface area (TPSA) is 179 Å². The first-order valence-corrected chi connectivity index (χ1v) is 11.4. The Balaban J connectivity index is 0.000000490. The molecule has 8 heteroatoms. The fraction of sp³-hybridized carbons (Fsp3) is 0.423. The van der Waals surface area contributed by atoms with Gasteiger partial charge in [0.15, 0.2) is 0 Å². The van der Waals surface area contributed by atoms with Crippen molar-refractivity contribution in [1.29, 1.82) is 0 Å². The van der Waals surface area contributed by atoms with Gasteiger partial charge in [-0.25, -0.2) is 0 Å². The fourth-order valence-corrected chi connectivity index (χ4v) is 3.37. The molecule has 8 nitrogen and oxygen atoms in total. The molecule has 3 rings (SSSR count). The summed E-state index contributed by atoms with van der Waals surface area (Å²) in [6.45, 7) is 0.604. The predicted molar refractivity (Wildman–Crippen MR) is 135 cm³/mol. The van der Waals surface area contributed by atoms with Crippen molar-refractivity contribution in [2.75, 3.05) is 6.54 Å². The van der Waals surface area contributed by atoms with Gasteiger partial charge in [0, 0.05) is 5.56 Å². The highest BCUT2D eigenvalue weighted by molar-refractivity contribution is 5.76. The van der Waals surface area contributed by atoms with Crippen LogP contribution in [0.1, 0.15) is 61.7 Å². The molecule has 1 fully saturated rings. The average molecular weight is 474 g/mol. The van der Waals surface area contributed by atoms with E-state index in [1.807, 2.05) is 42.5 Å². The summed E-state index contributed by atoms with van der Waals surface area (Å²) in [5.41, 5.74) is 13.4. The lowest BCUT2D eigenvalue weighted by atomic mass is 9.90. The van der Waals surface area contributed by atoms with Gasteiger partial charge in [-0.15, -0.1) is 0 Å². The zero-order valence-electron chi connectivity index (χ0n) is 19.8. The van der Waals surface area contributed by atoms with E-state index in [0.717, 1.165) is 50.4 Å². The van der Waals surface area contributed by atoms with Gasteiger partial charge in [-0.05, 0) is 43.4 Å². The zero-order valence-corrected chi connectivity index (χ0v) is 19.8. The van der Waals surface area contributed by atoms with Crippen LogP contribution < -0.4 is 17.6 Å². The first kappa shape index (κ1) is 30.9. The molecule has 1 aliphatic rings. The Hall–Kier alpha value is -3.07. The number of carbonyl (C=O) groups is 3. The van der Waals surface area contributed by atoms with E-state index in [1.54, 1.807) is 0 Å². The zero-order chi connectivity index (χ0) is 24.5. The Bertz CT molecular complexity index is 822. The molecule has 0 aliphatic heterocycles. The van der Waals surface area contributed by atoms with Crippen molar-refractivity contribution in [1.82, 2.24) is 6.15 Å². The Kier molecular flexibility index (Phi) is 16.7. The van der Waals surface area contributed by atoms with Gasteiger partial charge in [0.05, 0.1) is 5.92 Å². The van der Waals surface area contributed by atoms with E-state index >= 15 is 0 Å². The lowest BCUT2D eigenvalue weighted by Gasteiger charge is -2.16. The number of aldehydes is 1. The van der Waals surface area contributed by atoms with E-state index in [-0.39, 0.29) is 12.1 Å². The minimum absolute atomic E-state index is 0. The molecule has 0 radical (unpaired) electrons. The Morgan fingerprint density at radius 2 is 1.47 bits per heavy atom. The molecule has 1 saturated carbocycles. The first-order valence-electron chi connectivity index (χ1n) is 11.4. The third-order valence-corrected chi connectivity index (χ3v) is 5.39. The van der Waals surface area contributed by atoms with E-state index in [2.05, 4.69) is 12.1 Å². The van der Waals surface area contributed by atoms with Crippen LogP contribution in [0.5, 0.6) is 0 Å². The average Bonchev–Trinajstić information content (AvgIpc) is 2.86. The van der Waals surface area contributed by atoms with Crippen molar-refractivity contribution in [3.63, 3.8) is 0 Å². The van der Waals surface area contributed by atoms with Gasteiger partial charge in [-0.2, -0.15) is 0 Å². The number of unbranched alkanes of at least 4 members (excludes halogenated alkanes) is 1. The highest BCUT2D eigenvalue weighted by Crippen LogP contribution is 2.23. The third kappa shape index (κ3) is 12.8. The van der Waals surface area contributed by atoms with E-state index in [0.29, 0.717) is 18.5 Å². The molecular weight excluding hydrogens is 434 g/mol. The van der Waals surface area contributed by atoms with Crippen molar-refractivity contribution in [3.05, 3.63) is 60.2 Å². The minimum atomic E-state index is -0.933. The molecule has 2 aromatic carbocycles. The van der Waals surface area contributed by atoms with Gasteiger partial charge in [0.25, 0.3) is 0 Å². The van der Waals surface area contributed by atoms with Crippen LogP contribution in [-0.4, -0.2) is 41.0 Å². The van der Waals surface area contributed by atoms with Crippen molar-refractivity contribution in [3.8, 4) is 11.1 Å². The fourth-order valence-electron chi connectivity index (χ4n) is 3.37. The summed E-state index contributed by atoms with van der Waals surface area (Å²) in [5, 5.41) is 16.9. The Morgan fingerprint density at radius 1 is 0.912 bits per heavy atom. The number of aliphatic carboxylic acids is 2. The van der Waals surface area contributed by atoms with Crippen molar-refractivity contribution in [2.45, 2.75) is 57.4 Å². The summed E-state index contributed by atoms with van der Waals surface area (Å²) in [5.74, 6) is -1.56. The van der Waals surface area contributed by atoms with Crippen LogP contribution in [0.25, 0.3) is 11.1 Å². The Morgan fingerprint density at radius 3 is 1.91 bits per heavy atom. The maximum absolute atomic E-state index is 10.5. The second-order valence-corrected chi connectivity index (χ2v) is 8.01. The van der Waals surface area contributed by atoms with E-state index in [9.17, 15) is 14.4 Å². The highest BCUT2D eigenvalue weighted by atomic mass is 16.4. The van der Waals surface area contributed by atoms with Gasteiger partial charge in [0.2, 0.25) is 0 Å². The van der Waals surface area contributed by atoms with E-state index < -0.39 is 18.0 Å². The molecule has 0 saturated heterocycles. The Labute approximate surface area is 201 Å². The molecule has 0 unspecified atom stereocenters. The van der Waals surface area contributed by atoms with Gasteiger partial charge >= 0.3 is 11.9 Å². The van der Waals surface area contributed by atoms with Crippen molar-refractivity contribution < 1.29 is 24.6 Å². The number of benzene rings is 2. The molecule has 9 N–H and O–H groups in total. The summed E-state index contributed by atoms with van der Waals surface area (Å²) in [4.78, 5) is 30.9. The molecule has 0 heterocycles. The molecule has 2 aromatic rings.